The zero-order chi connectivity index (χ0) is 13.4. The number of hydrogen-bond donors (Lipinski definition) is 3. The van der Waals surface area contributed by atoms with Crippen molar-refractivity contribution in [1.82, 2.24) is 5.32 Å². The van der Waals surface area contributed by atoms with E-state index in [-0.39, 0.29) is 13.2 Å². The Hall–Kier alpha value is -1.36. The minimum Gasteiger partial charge on any atom is -0.490 e. The molecular formula is C14H21NO3. The van der Waals surface area contributed by atoms with E-state index < -0.39 is 5.54 Å². The van der Waals surface area contributed by atoms with Crippen LogP contribution in [0.5, 0.6) is 5.75 Å². The van der Waals surface area contributed by atoms with E-state index in [0.717, 1.165) is 11.3 Å². The summed E-state index contributed by atoms with van der Waals surface area (Å²) in [6, 6.07) is 7.66. The van der Waals surface area contributed by atoms with Gasteiger partial charge in [0, 0.05) is 6.54 Å². The van der Waals surface area contributed by atoms with Gasteiger partial charge in [-0.3, -0.25) is 0 Å². The normalized spacial score (nSPS) is 11.3. The van der Waals surface area contributed by atoms with Gasteiger partial charge < -0.3 is 20.3 Å². The summed E-state index contributed by atoms with van der Waals surface area (Å²) in [5.74, 6) is 0.797. The third kappa shape index (κ3) is 4.49. The Kier molecular flexibility index (Phi) is 5.85. The zero-order valence-corrected chi connectivity index (χ0v) is 10.7. The topological polar surface area (TPSA) is 61.7 Å². The van der Waals surface area contributed by atoms with Crippen molar-refractivity contribution in [3.8, 4) is 5.75 Å². The van der Waals surface area contributed by atoms with Crippen molar-refractivity contribution in [3.05, 3.63) is 42.5 Å². The maximum absolute atomic E-state index is 9.15. The van der Waals surface area contributed by atoms with Gasteiger partial charge in [0.1, 0.15) is 12.4 Å². The van der Waals surface area contributed by atoms with Gasteiger partial charge in [-0.05, 0) is 24.6 Å². The van der Waals surface area contributed by atoms with Gasteiger partial charge in [-0.2, -0.15) is 0 Å². The van der Waals surface area contributed by atoms with Crippen LogP contribution in [0, 0.1) is 0 Å². The van der Waals surface area contributed by atoms with E-state index in [0.29, 0.717) is 13.2 Å². The first-order chi connectivity index (χ1) is 8.63. The highest BCUT2D eigenvalue weighted by Gasteiger charge is 2.20. The number of aliphatic hydroxyl groups is 2. The highest BCUT2D eigenvalue weighted by Crippen LogP contribution is 2.13. The quantitative estimate of drug-likeness (QED) is 0.605. The molecule has 0 spiro atoms. The molecule has 4 heteroatoms. The van der Waals surface area contributed by atoms with Crippen LogP contribution in [0.15, 0.2) is 36.9 Å². The Bertz CT molecular complexity index is 358. The van der Waals surface area contributed by atoms with Gasteiger partial charge >= 0.3 is 0 Å². The SMILES string of the molecule is C=CCOc1ccc(CNC(C)(CO)CO)cc1. The lowest BCUT2D eigenvalue weighted by atomic mass is 10.0. The third-order valence-corrected chi connectivity index (χ3v) is 2.71. The van der Waals surface area contributed by atoms with E-state index in [9.17, 15) is 0 Å². The molecule has 100 valence electrons. The molecule has 0 aliphatic heterocycles. The van der Waals surface area contributed by atoms with Crippen LogP contribution in [0.1, 0.15) is 12.5 Å². The summed E-state index contributed by atoms with van der Waals surface area (Å²) in [4.78, 5) is 0. The Labute approximate surface area is 108 Å². The number of nitrogens with one attached hydrogen (secondary N) is 1. The summed E-state index contributed by atoms with van der Waals surface area (Å²) in [6.07, 6.45) is 1.70. The lowest BCUT2D eigenvalue weighted by molar-refractivity contribution is 0.103. The van der Waals surface area contributed by atoms with Crippen LogP contribution in [-0.2, 0) is 6.54 Å². The van der Waals surface area contributed by atoms with Gasteiger partial charge in [0.25, 0.3) is 0 Å². The second kappa shape index (κ2) is 7.16. The van der Waals surface area contributed by atoms with Gasteiger partial charge in [-0.1, -0.05) is 24.8 Å². The molecule has 0 aliphatic rings. The molecule has 0 saturated heterocycles. The summed E-state index contributed by atoms with van der Waals surface area (Å²) in [7, 11) is 0. The van der Waals surface area contributed by atoms with Crippen LogP contribution >= 0.6 is 0 Å². The first kappa shape index (κ1) is 14.7. The van der Waals surface area contributed by atoms with Crippen LogP contribution in [0.4, 0.5) is 0 Å². The van der Waals surface area contributed by atoms with Crippen molar-refractivity contribution in [2.24, 2.45) is 0 Å². The largest absolute Gasteiger partial charge is 0.490 e. The molecule has 3 N–H and O–H groups in total. The molecule has 0 unspecified atom stereocenters. The first-order valence-electron chi connectivity index (χ1n) is 5.93. The van der Waals surface area contributed by atoms with Crippen molar-refractivity contribution < 1.29 is 14.9 Å². The number of rotatable bonds is 8. The highest BCUT2D eigenvalue weighted by atomic mass is 16.5. The van der Waals surface area contributed by atoms with Crippen molar-refractivity contribution in [2.45, 2.75) is 19.0 Å². The smallest absolute Gasteiger partial charge is 0.119 e. The summed E-state index contributed by atoms with van der Waals surface area (Å²) in [6.45, 7) is 6.22. The van der Waals surface area contributed by atoms with Crippen molar-refractivity contribution in [1.29, 1.82) is 0 Å². The fourth-order valence-corrected chi connectivity index (χ4v) is 1.34. The molecular weight excluding hydrogens is 230 g/mol. The molecule has 0 fully saturated rings. The molecule has 0 bridgehead atoms. The molecule has 0 radical (unpaired) electrons. The summed E-state index contributed by atoms with van der Waals surface area (Å²) in [5, 5.41) is 21.4. The van der Waals surface area contributed by atoms with Crippen LogP contribution < -0.4 is 10.1 Å². The number of benzene rings is 1. The lowest BCUT2D eigenvalue weighted by Crippen LogP contribution is -2.48. The van der Waals surface area contributed by atoms with Crippen LogP contribution in [0.3, 0.4) is 0 Å². The van der Waals surface area contributed by atoms with Gasteiger partial charge in [0.15, 0.2) is 0 Å². The Morgan fingerprint density at radius 2 is 1.89 bits per heavy atom. The van der Waals surface area contributed by atoms with Crippen LogP contribution in [0.2, 0.25) is 0 Å². The fraction of sp³-hybridized carbons (Fsp3) is 0.429. The third-order valence-electron chi connectivity index (χ3n) is 2.71. The molecule has 1 rings (SSSR count). The van der Waals surface area contributed by atoms with E-state index in [1.54, 1.807) is 13.0 Å². The number of hydrogen-bond acceptors (Lipinski definition) is 4. The van der Waals surface area contributed by atoms with E-state index in [2.05, 4.69) is 11.9 Å². The van der Waals surface area contributed by atoms with Gasteiger partial charge in [0.2, 0.25) is 0 Å². The lowest BCUT2D eigenvalue weighted by Gasteiger charge is -2.26. The van der Waals surface area contributed by atoms with Crippen molar-refractivity contribution in [3.63, 3.8) is 0 Å². The Morgan fingerprint density at radius 3 is 2.39 bits per heavy atom. The molecule has 0 aliphatic carbocycles. The number of ether oxygens (including phenoxy) is 1. The van der Waals surface area contributed by atoms with Crippen LogP contribution in [0.25, 0.3) is 0 Å². The molecule has 1 aromatic carbocycles. The molecule has 0 aromatic heterocycles. The summed E-state index contributed by atoms with van der Waals surface area (Å²) in [5.41, 5.74) is 0.409. The average molecular weight is 251 g/mol. The van der Waals surface area contributed by atoms with Crippen molar-refractivity contribution >= 4 is 0 Å². The second-order valence-corrected chi connectivity index (χ2v) is 4.47. The van der Waals surface area contributed by atoms with E-state index in [4.69, 9.17) is 14.9 Å². The Balaban J connectivity index is 2.50. The molecule has 1 aromatic rings. The zero-order valence-electron chi connectivity index (χ0n) is 10.7. The van der Waals surface area contributed by atoms with Gasteiger partial charge in [0.05, 0.1) is 18.8 Å². The predicted molar refractivity (Wildman–Crippen MR) is 71.6 cm³/mol. The molecule has 18 heavy (non-hydrogen) atoms. The first-order valence-corrected chi connectivity index (χ1v) is 5.93. The number of aliphatic hydroxyl groups excluding tert-OH is 2. The van der Waals surface area contributed by atoms with E-state index in [1.807, 2.05) is 24.3 Å². The highest BCUT2D eigenvalue weighted by molar-refractivity contribution is 5.27. The molecule has 0 heterocycles. The summed E-state index contributed by atoms with van der Waals surface area (Å²) < 4.78 is 5.38. The van der Waals surface area contributed by atoms with E-state index >= 15 is 0 Å². The maximum Gasteiger partial charge on any atom is 0.119 e. The van der Waals surface area contributed by atoms with Gasteiger partial charge in [-0.25, -0.2) is 0 Å². The molecule has 4 nitrogen and oxygen atoms in total. The molecule has 0 amide bonds. The average Bonchev–Trinajstić information content (AvgIpc) is 2.43. The van der Waals surface area contributed by atoms with E-state index in [1.165, 1.54) is 0 Å². The molecule has 0 atom stereocenters. The van der Waals surface area contributed by atoms with Crippen LogP contribution in [-0.4, -0.2) is 35.6 Å². The summed E-state index contributed by atoms with van der Waals surface area (Å²) >= 11 is 0. The maximum atomic E-state index is 9.15. The molecule has 0 saturated carbocycles. The Morgan fingerprint density at radius 1 is 1.28 bits per heavy atom. The monoisotopic (exact) mass is 251 g/mol. The van der Waals surface area contributed by atoms with Crippen molar-refractivity contribution in [2.75, 3.05) is 19.8 Å². The minimum atomic E-state index is -0.655. The second-order valence-electron chi connectivity index (χ2n) is 4.47. The standard InChI is InChI=1S/C14H21NO3/c1-3-8-18-13-6-4-12(5-7-13)9-15-14(2,10-16)11-17/h3-7,15-17H,1,8-11H2,2H3. The minimum absolute atomic E-state index is 0.107. The fourth-order valence-electron chi connectivity index (χ4n) is 1.34. The van der Waals surface area contributed by atoms with Gasteiger partial charge in [-0.15, -0.1) is 0 Å². The predicted octanol–water partition coefficient (Wildman–Crippen LogP) is 1.08.